The van der Waals surface area contributed by atoms with Crippen molar-refractivity contribution in [2.24, 2.45) is 5.92 Å². The molecule has 0 bridgehead atoms. The largest absolute Gasteiger partial charge is 0.383 e. The Bertz CT molecular complexity index is 389. The Morgan fingerprint density at radius 3 is 2.43 bits per heavy atom. The first-order chi connectivity index (χ1) is 11.1. The fourth-order valence-corrected chi connectivity index (χ4v) is 3.68. The number of carbonyl (C=O) groups is 1. The molecule has 2 atom stereocenters. The minimum Gasteiger partial charge on any atom is -0.383 e. The van der Waals surface area contributed by atoms with Crippen molar-refractivity contribution in [3.8, 4) is 0 Å². The topological polar surface area (TPSA) is 65.0 Å². The maximum atomic E-state index is 12.0. The van der Waals surface area contributed by atoms with Crippen LogP contribution in [0.1, 0.15) is 32.6 Å². The van der Waals surface area contributed by atoms with Crippen molar-refractivity contribution in [2.75, 3.05) is 45.9 Å². The quantitative estimate of drug-likeness (QED) is 0.723. The molecule has 2 heterocycles. The fourth-order valence-electron chi connectivity index (χ4n) is 3.68. The van der Waals surface area contributed by atoms with Gasteiger partial charge in [-0.05, 0) is 51.6 Å². The zero-order valence-corrected chi connectivity index (χ0v) is 14.2. The molecule has 2 saturated heterocycles. The van der Waals surface area contributed by atoms with Gasteiger partial charge in [-0.15, -0.1) is 0 Å². The number of likely N-dealkylation sites (tertiary alicyclic amines) is 1. The lowest BCUT2D eigenvalue weighted by molar-refractivity contribution is -0.133. The van der Waals surface area contributed by atoms with E-state index in [4.69, 9.17) is 4.74 Å². The van der Waals surface area contributed by atoms with E-state index < -0.39 is 6.10 Å². The molecular formula is C17H31N3O3. The molecule has 6 heteroatoms. The molecule has 0 aromatic heterocycles. The van der Waals surface area contributed by atoms with Gasteiger partial charge in [-0.25, -0.2) is 0 Å². The monoisotopic (exact) mass is 325 g/mol. The molecule has 3 aliphatic rings. The summed E-state index contributed by atoms with van der Waals surface area (Å²) in [5.74, 6) is -0.0482. The highest BCUT2D eigenvalue weighted by Crippen LogP contribution is 2.24. The number of aliphatic hydroxyl groups is 1. The maximum absolute atomic E-state index is 12.0. The Labute approximate surface area is 139 Å². The molecule has 2 aliphatic heterocycles. The second-order valence-corrected chi connectivity index (χ2v) is 7.36. The van der Waals surface area contributed by atoms with E-state index >= 15 is 0 Å². The van der Waals surface area contributed by atoms with Gasteiger partial charge < -0.3 is 15.2 Å². The molecule has 23 heavy (non-hydrogen) atoms. The summed E-state index contributed by atoms with van der Waals surface area (Å²) in [6.45, 7) is 9.06. The van der Waals surface area contributed by atoms with Crippen molar-refractivity contribution in [1.29, 1.82) is 0 Å². The SMILES string of the molecule is C[C@H](CN1CCOCC1)N1CCC([C@@H](O)C(=O)NC2CC2)CC1. The fraction of sp³-hybridized carbons (Fsp3) is 0.941. The Kier molecular flexibility index (Phi) is 5.91. The van der Waals surface area contributed by atoms with Gasteiger partial charge in [0.2, 0.25) is 5.91 Å². The molecule has 1 aliphatic carbocycles. The lowest BCUT2D eigenvalue weighted by Crippen LogP contribution is -2.50. The van der Waals surface area contributed by atoms with Crippen molar-refractivity contribution in [3.63, 3.8) is 0 Å². The van der Waals surface area contributed by atoms with Gasteiger partial charge in [-0.3, -0.25) is 14.6 Å². The van der Waals surface area contributed by atoms with Crippen molar-refractivity contribution in [3.05, 3.63) is 0 Å². The molecule has 0 aromatic rings. The first kappa shape index (κ1) is 17.1. The molecule has 3 fully saturated rings. The number of amides is 1. The number of piperidine rings is 1. The molecule has 0 unspecified atom stereocenters. The normalized spacial score (nSPS) is 27.6. The van der Waals surface area contributed by atoms with Gasteiger partial charge >= 0.3 is 0 Å². The van der Waals surface area contributed by atoms with E-state index in [0.29, 0.717) is 12.1 Å². The third-order valence-corrected chi connectivity index (χ3v) is 5.46. The van der Waals surface area contributed by atoms with Crippen molar-refractivity contribution in [1.82, 2.24) is 15.1 Å². The number of nitrogens with zero attached hydrogens (tertiary/aromatic N) is 2. The first-order valence-electron chi connectivity index (χ1n) is 9.16. The standard InChI is InChI=1S/C17H31N3O3/c1-13(12-19-8-10-23-11-9-19)20-6-4-14(5-7-20)16(21)17(22)18-15-2-3-15/h13-16,21H,2-12H2,1H3,(H,18,22)/t13-,16-/m1/s1. The van der Waals surface area contributed by atoms with Crippen LogP contribution in [0.3, 0.4) is 0 Å². The Morgan fingerprint density at radius 2 is 1.83 bits per heavy atom. The third-order valence-electron chi connectivity index (χ3n) is 5.46. The summed E-state index contributed by atoms with van der Waals surface area (Å²) < 4.78 is 5.40. The predicted octanol–water partition coefficient (Wildman–Crippen LogP) is 0.0586. The van der Waals surface area contributed by atoms with Crippen molar-refractivity contribution < 1.29 is 14.6 Å². The Hall–Kier alpha value is -0.690. The number of hydrogen-bond donors (Lipinski definition) is 2. The summed E-state index contributed by atoms with van der Waals surface area (Å²) in [7, 11) is 0. The second-order valence-electron chi connectivity index (χ2n) is 7.36. The maximum Gasteiger partial charge on any atom is 0.249 e. The van der Waals surface area contributed by atoms with Gasteiger partial charge in [0.1, 0.15) is 6.10 Å². The zero-order chi connectivity index (χ0) is 16.2. The van der Waals surface area contributed by atoms with Crippen LogP contribution in [-0.2, 0) is 9.53 Å². The number of aliphatic hydroxyl groups excluding tert-OH is 1. The molecule has 0 radical (unpaired) electrons. The zero-order valence-electron chi connectivity index (χ0n) is 14.2. The lowest BCUT2D eigenvalue weighted by atomic mass is 9.90. The molecule has 6 nitrogen and oxygen atoms in total. The van der Waals surface area contributed by atoms with Crippen LogP contribution in [0.25, 0.3) is 0 Å². The van der Waals surface area contributed by atoms with E-state index in [2.05, 4.69) is 22.0 Å². The molecule has 132 valence electrons. The van der Waals surface area contributed by atoms with Crippen LogP contribution in [0.2, 0.25) is 0 Å². The van der Waals surface area contributed by atoms with Crippen LogP contribution in [0.4, 0.5) is 0 Å². The van der Waals surface area contributed by atoms with Gasteiger partial charge in [0.25, 0.3) is 0 Å². The van der Waals surface area contributed by atoms with E-state index in [1.165, 1.54) is 0 Å². The molecular weight excluding hydrogens is 294 g/mol. The van der Waals surface area contributed by atoms with E-state index in [0.717, 1.165) is 71.6 Å². The summed E-state index contributed by atoms with van der Waals surface area (Å²) in [4.78, 5) is 16.9. The number of nitrogens with one attached hydrogen (secondary N) is 1. The van der Waals surface area contributed by atoms with E-state index in [1.54, 1.807) is 0 Å². The minimum atomic E-state index is -0.827. The van der Waals surface area contributed by atoms with Crippen LogP contribution in [-0.4, -0.2) is 84.9 Å². The van der Waals surface area contributed by atoms with Crippen LogP contribution in [0.15, 0.2) is 0 Å². The van der Waals surface area contributed by atoms with E-state index in [1.807, 2.05) is 0 Å². The van der Waals surface area contributed by atoms with Gasteiger partial charge in [0.15, 0.2) is 0 Å². The molecule has 0 aromatic carbocycles. The van der Waals surface area contributed by atoms with Gasteiger partial charge in [-0.2, -0.15) is 0 Å². The molecule has 1 amide bonds. The van der Waals surface area contributed by atoms with E-state index in [-0.39, 0.29) is 11.8 Å². The minimum absolute atomic E-state index is 0.112. The average Bonchev–Trinajstić information content (AvgIpc) is 3.39. The highest BCUT2D eigenvalue weighted by atomic mass is 16.5. The summed E-state index contributed by atoms with van der Waals surface area (Å²) in [5.41, 5.74) is 0. The van der Waals surface area contributed by atoms with Crippen molar-refractivity contribution >= 4 is 5.91 Å². The number of morpholine rings is 1. The number of carbonyl (C=O) groups excluding carboxylic acids is 1. The Balaban J connectivity index is 1.39. The number of rotatable bonds is 6. The Morgan fingerprint density at radius 1 is 1.17 bits per heavy atom. The average molecular weight is 325 g/mol. The number of ether oxygens (including phenoxy) is 1. The first-order valence-corrected chi connectivity index (χ1v) is 9.16. The highest BCUT2D eigenvalue weighted by molar-refractivity contribution is 5.81. The molecule has 0 spiro atoms. The third kappa shape index (κ3) is 4.89. The summed E-state index contributed by atoms with van der Waals surface area (Å²) in [5, 5.41) is 13.2. The van der Waals surface area contributed by atoms with E-state index in [9.17, 15) is 9.90 Å². The smallest absolute Gasteiger partial charge is 0.249 e. The summed E-state index contributed by atoms with van der Waals surface area (Å²) in [6, 6.07) is 0.845. The predicted molar refractivity (Wildman–Crippen MR) is 88.2 cm³/mol. The lowest BCUT2D eigenvalue weighted by Gasteiger charge is -2.39. The summed E-state index contributed by atoms with van der Waals surface area (Å²) >= 11 is 0. The van der Waals surface area contributed by atoms with Gasteiger partial charge in [-0.1, -0.05) is 0 Å². The van der Waals surface area contributed by atoms with Crippen LogP contribution in [0, 0.1) is 5.92 Å². The molecule has 3 rings (SSSR count). The summed E-state index contributed by atoms with van der Waals surface area (Å²) in [6.07, 6.45) is 3.12. The van der Waals surface area contributed by atoms with Crippen LogP contribution in [0.5, 0.6) is 0 Å². The second kappa shape index (κ2) is 7.92. The van der Waals surface area contributed by atoms with Gasteiger partial charge in [0.05, 0.1) is 13.2 Å². The molecule has 2 N–H and O–H groups in total. The van der Waals surface area contributed by atoms with Crippen LogP contribution < -0.4 is 5.32 Å². The van der Waals surface area contributed by atoms with Crippen LogP contribution >= 0.6 is 0 Å². The number of hydrogen-bond acceptors (Lipinski definition) is 5. The highest BCUT2D eigenvalue weighted by Gasteiger charge is 2.34. The molecule has 1 saturated carbocycles. The van der Waals surface area contributed by atoms with Crippen molar-refractivity contribution in [2.45, 2.75) is 50.8 Å². The van der Waals surface area contributed by atoms with Gasteiger partial charge in [0, 0.05) is 31.7 Å².